The van der Waals surface area contributed by atoms with E-state index in [0.717, 1.165) is 0 Å². The molecular weight excluding hydrogens is 254 g/mol. The number of nitrogens with one attached hydrogen (secondary N) is 1. The van der Waals surface area contributed by atoms with Gasteiger partial charge in [-0.15, -0.1) is 0 Å². The smallest absolute Gasteiger partial charge is 0.217 e. The van der Waals surface area contributed by atoms with E-state index in [9.17, 15) is 13.2 Å². The van der Waals surface area contributed by atoms with Gasteiger partial charge in [0.05, 0.1) is 11.4 Å². The number of carbonyl (C=O) groups is 1. The Hall–Kier alpha value is -0.620. The van der Waals surface area contributed by atoms with Crippen LogP contribution in [0.3, 0.4) is 0 Å². The molecule has 0 saturated heterocycles. The van der Waals surface area contributed by atoms with Crippen LogP contribution in [0.2, 0.25) is 0 Å². The Labute approximate surface area is 111 Å². The number of carbonyl (C=O) groups excluding carboxylic acids is 1. The largest absolute Gasteiger partial charge is 0.375 e. The van der Waals surface area contributed by atoms with Crippen LogP contribution in [0.15, 0.2) is 0 Å². The molecule has 0 unspecified atom stereocenters. The van der Waals surface area contributed by atoms with Crippen LogP contribution < -0.4 is 5.32 Å². The fraction of sp³-hybridized carbons (Fsp3) is 0.917. The van der Waals surface area contributed by atoms with Crippen molar-refractivity contribution in [3.8, 4) is 0 Å². The van der Waals surface area contributed by atoms with Gasteiger partial charge in [0, 0.05) is 19.1 Å². The highest BCUT2D eigenvalue weighted by molar-refractivity contribution is 7.72. The summed E-state index contributed by atoms with van der Waals surface area (Å²) in [5.41, 5.74) is -0.771. The second-order valence-electron chi connectivity index (χ2n) is 5.73. The van der Waals surface area contributed by atoms with Crippen molar-refractivity contribution in [3.05, 3.63) is 0 Å². The van der Waals surface area contributed by atoms with Crippen molar-refractivity contribution in [1.82, 2.24) is 5.32 Å². The van der Waals surface area contributed by atoms with Crippen molar-refractivity contribution in [2.75, 3.05) is 12.4 Å². The lowest BCUT2D eigenvalue weighted by molar-refractivity contribution is -0.120. The number of amides is 1. The predicted octanol–water partition coefficient (Wildman–Crippen LogP) is 1.09. The monoisotopic (exact) mass is 279 g/mol. The Morgan fingerprint density at radius 2 is 1.72 bits per heavy atom. The summed E-state index contributed by atoms with van der Waals surface area (Å²) in [6.45, 7) is 9.57. The van der Waals surface area contributed by atoms with Crippen molar-refractivity contribution in [3.63, 3.8) is 0 Å². The molecule has 0 radical (unpaired) electrons. The summed E-state index contributed by atoms with van der Waals surface area (Å²) < 4.78 is 26.7. The summed E-state index contributed by atoms with van der Waals surface area (Å²) in [5.74, 6) is 0.0693. The van der Waals surface area contributed by atoms with Gasteiger partial charge >= 0.3 is 0 Å². The van der Waals surface area contributed by atoms with E-state index in [1.807, 2.05) is 27.7 Å². The molecule has 5 nitrogen and oxygen atoms in total. The fourth-order valence-corrected chi connectivity index (χ4v) is 2.28. The standard InChI is InChI=1S/C12H25NO4S/c1-10(14)13-11(2,3)6-8-17-12(4,5)7-9-18(15)16/h18H,6-9H2,1-5H3,(H,13,14). The van der Waals surface area contributed by atoms with Crippen molar-refractivity contribution >= 4 is 16.6 Å². The van der Waals surface area contributed by atoms with Gasteiger partial charge in [-0.2, -0.15) is 0 Å². The molecule has 0 spiro atoms. The maximum absolute atomic E-state index is 11.0. The van der Waals surface area contributed by atoms with Gasteiger partial charge < -0.3 is 10.1 Å². The molecule has 0 fully saturated rings. The third kappa shape index (κ3) is 9.41. The average molecular weight is 279 g/mol. The Morgan fingerprint density at radius 3 is 2.17 bits per heavy atom. The highest BCUT2D eigenvalue weighted by Gasteiger charge is 2.22. The normalized spacial score (nSPS) is 12.8. The molecule has 0 aliphatic carbocycles. The van der Waals surface area contributed by atoms with Gasteiger partial charge in [-0.1, -0.05) is 0 Å². The third-order valence-electron chi connectivity index (χ3n) is 2.63. The van der Waals surface area contributed by atoms with Crippen LogP contribution in [-0.2, 0) is 20.2 Å². The molecule has 0 heterocycles. The van der Waals surface area contributed by atoms with Crippen LogP contribution in [0.25, 0.3) is 0 Å². The molecule has 0 rings (SSSR count). The van der Waals surface area contributed by atoms with Crippen LogP contribution in [0.1, 0.15) is 47.5 Å². The molecule has 0 bridgehead atoms. The van der Waals surface area contributed by atoms with E-state index < -0.39 is 16.3 Å². The second-order valence-corrected chi connectivity index (χ2v) is 6.84. The predicted molar refractivity (Wildman–Crippen MR) is 72.3 cm³/mol. The molecule has 108 valence electrons. The van der Waals surface area contributed by atoms with Crippen LogP contribution >= 0.6 is 0 Å². The van der Waals surface area contributed by atoms with Gasteiger partial charge in [-0.25, -0.2) is 8.42 Å². The molecule has 0 aliphatic heterocycles. The van der Waals surface area contributed by atoms with E-state index in [1.54, 1.807) is 0 Å². The lowest BCUT2D eigenvalue weighted by Gasteiger charge is -2.29. The molecule has 0 aliphatic rings. The number of rotatable bonds is 8. The van der Waals surface area contributed by atoms with E-state index >= 15 is 0 Å². The van der Waals surface area contributed by atoms with E-state index in [2.05, 4.69) is 5.32 Å². The molecule has 0 aromatic carbocycles. The van der Waals surface area contributed by atoms with Crippen LogP contribution in [0.5, 0.6) is 0 Å². The van der Waals surface area contributed by atoms with Crippen LogP contribution in [-0.4, -0.2) is 37.8 Å². The summed E-state index contributed by atoms with van der Waals surface area (Å²) in [5, 5.41) is 2.84. The van der Waals surface area contributed by atoms with Crippen molar-refractivity contribution < 1.29 is 17.9 Å². The first kappa shape index (κ1) is 17.4. The van der Waals surface area contributed by atoms with Gasteiger partial charge in [-0.3, -0.25) is 4.79 Å². The van der Waals surface area contributed by atoms with Gasteiger partial charge in [0.25, 0.3) is 0 Å². The van der Waals surface area contributed by atoms with Gasteiger partial charge in [0.2, 0.25) is 5.91 Å². The van der Waals surface area contributed by atoms with Crippen molar-refractivity contribution in [1.29, 1.82) is 0 Å². The molecule has 1 amide bonds. The molecule has 1 N–H and O–H groups in total. The molecule has 0 saturated carbocycles. The molecule has 0 aromatic rings. The number of hydrogen-bond donors (Lipinski definition) is 2. The fourth-order valence-electron chi connectivity index (χ4n) is 1.55. The lowest BCUT2D eigenvalue weighted by atomic mass is 10.0. The van der Waals surface area contributed by atoms with Gasteiger partial charge in [0.1, 0.15) is 10.7 Å². The Balaban J connectivity index is 4.05. The average Bonchev–Trinajstić information content (AvgIpc) is 2.12. The van der Waals surface area contributed by atoms with Gasteiger partial charge in [0.15, 0.2) is 0 Å². The Morgan fingerprint density at radius 1 is 1.17 bits per heavy atom. The van der Waals surface area contributed by atoms with Gasteiger partial charge in [-0.05, 0) is 40.5 Å². The van der Waals surface area contributed by atoms with E-state index in [0.29, 0.717) is 19.4 Å². The van der Waals surface area contributed by atoms with E-state index in [4.69, 9.17) is 4.74 Å². The number of ether oxygens (including phenoxy) is 1. The Bertz CT molecular complexity index is 340. The maximum atomic E-state index is 11.0. The van der Waals surface area contributed by atoms with Crippen LogP contribution in [0.4, 0.5) is 0 Å². The summed E-state index contributed by atoms with van der Waals surface area (Å²) in [6, 6.07) is 0. The lowest BCUT2D eigenvalue weighted by Crippen LogP contribution is -2.43. The minimum atomic E-state index is -2.35. The first-order valence-corrected chi connectivity index (χ1v) is 7.45. The minimum Gasteiger partial charge on any atom is -0.375 e. The first-order valence-electron chi connectivity index (χ1n) is 6.09. The van der Waals surface area contributed by atoms with Crippen molar-refractivity contribution in [2.24, 2.45) is 0 Å². The molecule has 6 heteroatoms. The van der Waals surface area contributed by atoms with Crippen LogP contribution in [0, 0.1) is 0 Å². The zero-order valence-electron chi connectivity index (χ0n) is 11.9. The minimum absolute atomic E-state index is 0.0670. The summed E-state index contributed by atoms with van der Waals surface area (Å²) in [7, 11) is -2.35. The molecule has 0 atom stereocenters. The summed E-state index contributed by atoms with van der Waals surface area (Å²) in [4.78, 5) is 11.0. The SMILES string of the molecule is CC(=O)NC(C)(C)CCOC(C)(C)CC[SH](=O)=O. The number of thiol groups is 1. The van der Waals surface area contributed by atoms with Crippen molar-refractivity contribution in [2.45, 2.75) is 58.6 Å². The highest BCUT2D eigenvalue weighted by atomic mass is 32.2. The topological polar surface area (TPSA) is 72.5 Å². The first-order chi connectivity index (χ1) is 8.04. The van der Waals surface area contributed by atoms with E-state index in [-0.39, 0.29) is 17.2 Å². The summed E-state index contributed by atoms with van der Waals surface area (Å²) in [6.07, 6.45) is 1.16. The quantitative estimate of drug-likeness (QED) is 0.652. The molecule has 0 aromatic heterocycles. The molecule has 18 heavy (non-hydrogen) atoms. The zero-order valence-corrected chi connectivity index (χ0v) is 12.8. The zero-order chi connectivity index (χ0) is 14.4. The Kier molecular flexibility index (Phi) is 6.84. The second kappa shape index (κ2) is 7.09. The maximum Gasteiger partial charge on any atom is 0.217 e. The van der Waals surface area contributed by atoms with E-state index in [1.165, 1.54) is 6.92 Å². The summed E-state index contributed by atoms with van der Waals surface area (Å²) >= 11 is 0. The molecular formula is C12H25NO4S. The number of hydrogen-bond acceptors (Lipinski definition) is 4. The highest BCUT2D eigenvalue weighted by Crippen LogP contribution is 2.17. The third-order valence-corrected chi connectivity index (χ3v) is 3.22.